The molecule has 1 heterocycles. The minimum Gasteiger partial charge on any atom is -0.497 e. The zero-order chi connectivity index (χ0) is 26.1. The standard InChI is InChI=1S/C27H33N3O5S/c1-20(2)18-30(36(33,34)24-11-9-23(35-3)10-12-24)19-26(31)25(17-21-7-5-4-6-8-21)29-27(32)22-13-15-28-16-14-22/h4-16,20,25-26,31H,17-19H2,1-3H3,(H,29,32)/t25-,26+/m0/s1. The summed E-state index contributed by atoms with van der Waals surface area (Å²) in [5.74, 6) is 0.196. The summed E-state index contributed by atoms with van der Waals surface area (Å²) >= 11 is 0. The van der Waals surface area contributed by atoms with Gasteiger partial charge in [-0.2, -0.15) is 4.31 Å². The average Bonchev–Trinajstić information content (AvgIpc) is 2.88. The van der Waals surface area contributed by atoms with Gasteiger partial charge >= 0.3 is 0 Å². The van der Waals surface area contributed by atoms with Crippen LogP contribution in [0.1, 0.15) is 29.8 Å². The van der Waals surface area contributed by atoms with Crippen molar-refractivity contribution in [3.05, 3.63) is 90.3 Å². The summed E-state index contributed by atoms with van der Waals surface area (Å²) in [4.78, 5) is 16.9. The lowest BCUT2D eigenvalue weighted by Gasteiger charge is -2.30. The molecule has 3 aromatic rings. The largest absolute Gasteiger partial charge is 0.497 e. The third kappa shape index (κ3) is 7.36. The number of benzene rings is 2. The number of aromatic nitrogens is 1. The maximum Gasteiger partial charge on any atom is 0.251 e. The minimum absolute atomic E-state index is 0.0178. The maximum absolute atomic E-state index is 13.5. The third-order valence-electron chi connectivity index (χ3n) is 5.68. The molecule has 2 atom stereocenters. The molecule has 8 nitrogen and oxygen atoms in total. The lowest BCUT2D eigenvalue weighted by molar-refractivity contribution is 0.0775. The Balaban J connectivity index is 1.87. The quantitative estimate of drug-likeness (QED) is 0.387. The number of hydrogen-bond donors (Lipinski definition) is 2. The van der Waals surface area contributed by atoms with Crippen molar-refractivity contribution in [3.8, 4) is 5.75 Å². The van der Waals surface area contributed by atoms with Gasteiger partial charge in [0.25, 0.3) is 5.91 Å². The molecular weight excluding hydrogens is 478 g/mol. The lowest BCUT2D eigenvalue weighted by atomic mass is 10.0. The number of aliphatic hydroxyl groups excluding tert-OH is 1. The van der Waals surface area contributed by atoms with Gasteiger partial charge in [-0.05, 0) is 54.3 Å². The highest BCUT2D eigenvalue weighted by Gasteiger charge is 2.31. The van der Waals surface area contributed by atoms with E-state index in [0.717, 1.165) is 5.56 Å². The van der Waals surface area contributed by atoms with Gasteiger partial charge in [-0.15, -0.1) is 0 Å². The lowest BCUT2D eigenvalue weighted by Crippen LogP contribution is -2.51. The molecule has 0 saturated carbocycles. The van der Waals surface area contributed by atoms with Crippen molar-refractivity contribution < 1.29 is 23.1 Å². The van der Waals surface area contributed by atoms with Gasteiger partial charge in [-0.25, -0.2) is 8.42 Å². The van der Waals surface area contributed by atoms with Crippen LogP contribution < -0.4 is 10.1 Å². The van der Waals surface area contributed by atoms with E-state index in [1.807, 2.05) is 44.2 Å². The first-order chi connectivity index (χ1) is 17.2. The summed E-state index contributed by atoms with van der Waals surface area (Å²) in [5, 5.41) is 14.2. The first-order valence-corrected chi connectivity index (χ1v) is 13.2. The summed E-state index contributed by atoms with van der Waals surface area (Å²) in [6.45, 7) is 3.85. The number of rotatable bonds is 12. The molecule has 0 radical (unpaired) electrons. The maximum atomic E-state index is 13.5. The van der Waals surface area contributed by atoms with Crippen LogP contribution >= 0.6 is 0 Å². The minimum atomic E-state index is -3.91. The second-order valence-corrected chi connectivity index (χ2v) is 10.9. The van der Waals surface area contributed by atoms with Gasteiger partial charge in [0, 0.05) is 31.0 Å². The van der Waals surface area contributed by atoms with Gasteiger partial charge in [0.15, 0.2) is 0 Å². The number of nitrogens with zero attached hydrogens (tertiary/aromatic N) is 2. The van der Waals surface area contributed by atoms with Gasteiger partial charge < -0.3 is 15.2 Å². The zero-order valence-electron chi connectivity index (χ0n) is 20.7. The van der Waals surface area contributed by atoms with E-state index in [1.54, 1.807) is 24.3 Å². The van der Waals surface area contributed by atoms with E-state index in [2.05, 4.69) is 10.3 Å². The van der Waals surface area contributed by atoms with Gasteiger partial charge in [0.2, 0.25) is 10.0 Å². The molecule has 1 amide bonds. The van der Waals surface area contributed by atoms with Crippen LogP contribution in [0.15, 0.2) is 84.0 Å². The number of carbonyl (C=O) groups is 1. The smallest absolute Gasteiger partial charge is 0.251 e. The van der Waals surface area contributed by atoms with E-state index < -0.39 is 22.2 Å². The van der Waals surface area contributed by atoms with Crippen molar-refractivity contribution in [2.24, 2.45) is 5.92 Å². The second-order valence-electron chi connectivity index (χ2n) is 8.96. The highest BCUT2D eigenvalue weighted by molar-refractivity contribution is 7.89. The first kappa shape index (κ1) is 27.3. The molecule has 36 heavy (non-hydrogen) atoms. The fourth-order valence-electron chi connectivity index (χ4n) is 3.82. The summed E-state index contributed by atoms with van der Waals surface area (Å²) < 4.78 is 33.4. The Morgan fingerprint density at radius 2 is 1.64 bits per heavy atom. The van der Waals surface area contributed by atoms with Gasteiger partial charge in [0.1, 0.15) is 5.75 Å². The third-order valence-corrected chi connectivity index (χ3v) is 7.52. The van der Waals surface area contributed by atoms with Crippen molar-refractivity contribution in [2.45, 2.75) is 37.3 Å². The van der Waals surface area contributed by atoms with Crippen LogP contribution in [0.3, 0.4) is 0 Å². The van der Waals surface area contributed by atoms with E-state index in [9.17, 15) is 18.3 Å². The number of hydrogen-bond acceptors (Lipinski definition) is 6. The summed E-state index contributed by atoms with van der Waals surface area (Å²) in [5.41, 5.74) is 1.31. The molecule has 0 unspecified atom stereocenters. The number of pyridine rings is 1. The number of carbonyl (C=O) groups excluding carboxylic acids is 1. The topological polar surface area (TPSA) is 109 Å². The molecule has 0 fully saturated rings. The Kier molecular flexibility index (Phi) is 9.58. The fraction of sp³-hybridized carbons (Fsp3) is 0.333. The molecule has 1 aromatic heterocycles. The van der Waals surface area contributed by atoms with E-state index in [4.69, 9.17) is 4.74 Å². The SMILES string of the molecule is COc1ccc(S(=O)(=O)N(CC(C)C)C[C@@H](O)[C@H](Cc2ccccc2)NC(=O)c2ccncc2)cc1. The molecule has 3 rings (SSSR count). The van der Waals surface area contributed by atoms with Crippen LogP contribution in [0.5, 0.6) is 5.75 Å². The highest BCUT2D eigenvalue weighted by atomic mass is 32.2. The Morgan fingerprint density at radius 1 is 1.00 bits per heavy atom. The van der Waals surface area contributed by atoms with Crippen LogP contribution in [0, 0.1) is 5.92 Å². The van der Waals surface area contributed by atoms with E-state index in [1.165, 1.54) is 35.9 Å². The van der Waals surface area contributed by atoms with Crippen LogP contribution in [-0.2, 0) is 16.4 Å². The average molecular weight is 512 g/mol. The van der Waals surface area contributed by atoms with Crippen LogP contribution in [0.2, 0.25) is 0 Å². The Labute approximate surface area is 213 Å². The van der Waals surface area contributed by atoms with Gasteiger partial charge in [-0.1, -0.05) is 44.2 Å². The molecule has 0 aliphatic rings. The number of nitrogens with one attached hydrogen (secondary N) is 1. The van der Waals surface area contributed by atoms with E-state index >= 15 is 0 Å². The molecule has 0 spiro atoms. The molecule has 9 heteroatoms. The van der Waals surface area contributed by atoms with Crippen molar-refractivity contribution >= 4 is 15.9 Å². The monoisotopic (exact) mass is 511 g/mol. The van der Waals surface area contributed by atoms with Gasteiger partial charge in [0.05, 0.1) is 24.2 Å². The second kappa shape index (κ2) is 12.6. The molecule has 0 bridgehead atoms. The van der Waals surface area contributed by atoms with E-state index in [0.29, 0.717) is 17.7 Å². The Bertz CT molecular complexity index is 1200. The van der Waals surface area contributed by atoms with Crippen LogP contribution in [-0.4, -0.2) is 61.1 Å². The molecule has 2 N–H and O–H groups in total. The first-order valence-electron chi connectivity index (χ1n) is 11.8. The number of ether oxygens (including phenoxy) is 1. The number of amides is 1. The fourth-order valence-corrected chi connectivity index (χ4v) is 5.44. The van der Waals surface area contributed by atoms with E-state index in [-0.39, 0.29) is 29.8 Å². The molecule has 0 saturated heterocycles. The van der Waals surface area contributed by atoms with Crippen molar-refractivity contribution in [3.63, 3.8) is 0 Å². The van der Waals surface area contributed by atoms with Crippen molar-refractivity contribution in [1.29, 1.82) is 0 Å². The predicted molar refractivity (Wildman–Crippen MR) is 138 cm³/mol. The highest BCUT2D eigenvalue weighted by Crippen LogP contribution is 2.22. The molecule has 0 aliphatic carbocycles. The van der Waals surface area contributed by atoms with Crippen LogP contribution in [0.25, 0.3) is 0 Å². The Morgan fingerprint density at radius 3 is 2.22 bits per heavy atom. The molecule has 192 valence electrons. The number of methoxy groups -OCH3 is 1. The van der Waals surface area contributed by atoms with Crippen molar-refractivity contribution in [2.75, 3.05) is 20.2 Å². The zero-order valence-corrected chi connectivity index (χ0v) is 21.6. The molecule has 2 aromatic carbocycles. The predicted octanol–water partition coefficient (Wildman–Crippen LogP) is 3.14. The number of aliphatic hydroxyl groups is 1. The molecular formula is C27H33N3O5S. The summed E-state index contributed by atoms with van der Waals surface area (Å²) in [6.07, 6.45) is 2.20. The summed E-state index contributed by atoms with van der Waals surface area (Å²) in [6, 6.07) is 18.0. The summed E-state index contributed by atoms with van der Waals surface area (Å²) in [7, 11) is -2.39. The normalized spacial score (nSPS) is 13.4. The van der Waals surface area contributed by atoms with Crippen molar-refractivity contribution in [1.82, 2.24) is 14.6 Å². The molecule has 0 aliphatic heterocycles. The van der Waals surface area contributed by atoms with Crippen LogP contribution in [0.4, 0.5) is 0 Å². The Hall–Kier alpha value is -3.27. The number of sulfonamides is 1. The van der Waals surface area contributed by atoms with Gasteiger partial charge in [-0.3, -0.25) is 9.78 Å².